The number of nitrogens with zero attached hydrogens (tertiary/aromatic N) is 1. The lowest BCUT2D eigenvalue weighted by Gasteiger charge is -2.13. The zero-order valence-corrected chi connectivity index (χ0v) is 13.1. The van der Waals surface area contributed by atoms with Gasteiger partial charge in [0.25, 0.3) is 5.91 Å². The number of halogens is 1. The highest BCUT2D eigenvalue weighted by Gasteiger charge is 2.22. The number of alkyl halides is 1. The Labute approximate surface area is 123 Å². The van der Waals surface area contributed by atoms with Gasteiger partial charge in [0.1, 0.15) is 0 Å². The standard InChI is InChI=1S/C15H21BrN2O/c1-18(2)14-7-4-12(5-8-14)15(19)17-10-11-3-6-13(16)9-11/h4-5,7-8,11,13H,3,6,9-10H2,1-2H3,(H,17,19). The van der Waals surface area contributed by atoms with Crippen LogP contribution in [0.3, 0.4) is 0 Å². The molecule has 2 rings (SSSR count). The Morgan fingerprint density at radius 1 is 1.32 bits per heavy atom. The van der Waals surface area contributed by atoms with Gasteiger partial charge in [0.2, 0.25) is 0 Å². The number of nitrogens with one attached hydrogen (secondary N) is 1. The lowest BCUT2D eigenvalue weighted by atomic mass is 10.1. The predicted octanol–water partition coefficient (Wildman–Crippen LogP) is 3.05. The zero-order valence-electron chi connectivity index (χ0n) is 11.5. The normalized spacial score (nSPS) is 22.3. The molecule has 0 saturated heterocycles. The molecule has 0 bridgehead atoms. The van der Waals surface area contributed by atoms with E-state index in [1.54, 1.807) is 0 Å². The van der Waals surface area contributed by atoms with Crippen molar-refractivity contribution < 1.29 is 4.79 Å². The number of carbonyl (C=O) groups is 1. The topological polar surface area (TPSA) is 32.3 Å². The van der Waals surface area contributed by atoms with Gasteiger partial charge < -0.3 is 10.2 Å². The molecule has 0 heterocycles. The van der Waals surface area contributed by atoms with Crippen molar-refractivity contribution >= 4 is 27.5 Å². The van der Waals surface area contributed by atoms with Gasteiger partial charge in [-0.05, 0) is 49.4 Å². The first-order valence-electron chi connectivity index (χ1n) is 6.76. The van der Waals surface area contributed by atoms with Gasteiger partial charge in [0.05, 0.1) is 0 Å². The Morgan fingerprint density at radius 3 is 2.53 bits per heavy atom. The van der Waals surface area contributed by atoms with Crippen LogP contribution in [0.1, 0.15) is 29.6 Å². The van der Waals surface area contributed by atoms with Crippen molar-refractivity contribution in [3.05, 3.63) is 29.8 Å². The van der Waals surface area contributed by atoms with Crippen LogP contribution in [0.5, 0.6) is 0 Å². The molecule has 19 heavy (non-hydrogen) atoms. The summed E-state index contributed by atoms with van der Waals surface area (Å²) in [6.07, 6.45) is 3.59. The maximum atomic E-state index is 12.0. The Hall–Kier alpha value is -1.03. The Kier molecular flexibility index (Phi) is 4.86. The lowest BCUT2D eigenvalue weighted by Crippen LogP contribution is -2.28. The van der Waals surface area contributed by atoms with Gasteiger partial charge in [-0.1, -0.05) is 15.9 Å². The number of anilines is 1. The molecule has 1 aliphatic carbocycles. The summed E-state index contributed by atoms with van der Waals surface area (Å²) in [7, 11) is 3.98. The van der Waals surface area contributed by atoms with E-state index in [4.69, 9.17) is 0 Å². The summed E-state index contributed by atoms with van der Waals surface area (Å²) >= 11 is 3.63. The van der Waals surface area contributed by atoms with Crippen molar-refractivity contribution in [2.75, 3.05) is 25.5 Å². The van der Waals surface area contributed by atoms with Gasteiger partial charge >= 0.3 is 0 Å². The van der Waals surface area contributed by atoms with E-state index in [2.05, 4.69) is 21.2 Å². The maximum Gasteiger partial charge on any atom is 0.251 e. The molecule has 1 saturated carbocycles. The third-order valence-corrected chi connectivity index (χ3v) is 4.51. The van der Waals surface area contributed by atoms with Crippen LogP contribution >= 0.6 is 15.9 Å². The number of amides is 1. The monoisotopic (exact) mass is 324 g/mol. The van der Waals surface area contributed by atoms with Gasteiger partial charge in [-0.2, -0.15) is 0 Å². The number of rotatable bonds is 4. The average Bonchev–Trinajstić information content (AvgIpc) is 2.82. The van der Waals surface area contributed by atoms with E-state index >= 15 is 0 Å². The number of benzene rings is 1. The zero-order chi connectivity index (χ0) is 13.8. The molecule has 4 heteroatoms. The largest absolute Gasteiger partial charge is 0.378 e. The molecule has 1 aliphatic rings. The van der Waals surface area contributed by atoms with Crippen LogP contribution in [0.4, 0.5) is 5.69 Å². The van der Waals surface area contributed by atoms with Crippen LogP contribution in [0, 0.1) is 5.92 Å². The molecule has 2 atom stereocenters. The van der Waals surface area contributed by atoms with Gasteiger partial charge in [-0.3, -0.25) is 4.79 Å². The van der Waals surface area contributed by atoms with E-state index in [0.717, 1.165) is 17.8 Å². The second kappa shape index (κ2) is 6.42. The maximum absolute atomic E-state index is 12.0. The van der Waals surface area contributed by atoms with E-state index in [0.29, 0.717) is 10.7 Å². The minimum atomic E-state index is 0.0309. The molecular formula is C15H21BrN2O. The number of hydrogen-bond acceptors (Lipinski definition) is 2. The molecule has 0 aromatic heterocycles. The fourth-order valence-corrected chi connectivity index (χ4v) is 3.24. The summed E-state index contributed by atoms with van der Waals surface area (Å²) in [5.41, 5.74) is 1.84. The summed E-state index contributed by atoms with van der Waals surface area (Å²) in [5.74, 6) is 0.651. The third-order valence-electron chi connectivity index (χ3n) is 3.67. The summed E-state index contributed by atoms with van der Waals surface area (Å²) < 4.78 is 0. The fraction of sp³-hybridized carbons (Fsp3) is 0.533. The van der Waals surface area contributed by atoms with Crippen molar-refractivity contribution in [1.29, 1.82) is 0 Å². The summed E-state index contributed by atoms with van der Waals surface area (Å²) in [4.78, 5) is 14.7. The average molecular weight is 325 g/mol. The van der Waals surface area contributed by atoms with Crippen LogP contribution in [-0.4, -0.2) is 31.4 Å². The quantitative estimate of drug-likeness (QED) is 0.863. The molecule has 1 fully saturated rings. The van der Waals surface area contributed by atoms with Crippen LogP contribution in [-0.2, 0) is 0 Å². The molecule has 3 nitrogen and oxygen atoms in total. The molecule has 104 valence electrons. The van der Waals surface area contributed by atoms with Crippen LogP contribution in [0.2, 0.25) is 0 Å². The van der Waals surface area contributed by atoms with Crippen molar-refractivity contribution in [1.82, 2.24) is 5.32 Å². The van der Waals surface area contributed by atoms with Crippen molar-refractivity contribution in [2.24, 2.45) is 5.92 Å². The molecule has 1 N–H and O–H groups in total. The minimum absolute atomic E-state index is 0.0309. The lowest BCUT2D eigenvalue weighted by molar-refractivity contribution is 0.0947. The smallest absolute Gasteiger partial charge is 0.251 e. The van der Waals surface area contributed by atoms with Crippen molar-refractivity contribution in [3.8, 4) is 0 Å². The van der Waals surface area contributed by atoms with Crippen LogP contribution in [0.25, 0.3) is 0 Å². The molecule has 1 aromatic rings. The molecule has 1 aromatic carbocycles. The number of hydrogen-bond donors (Lipinski definition) is 1. The molecular weight excluding hydrogens is 304 g/mol. The molecule has 0 spiro atoms. The first kappa shape index (κ1) is 14.4. The van der Waals surface area contributed by atoms with Gasteiger partial charge in [-0.25, -0.2) is 0 Å². The minimum Gasteiger partial charge on any atom is -0.378 e. The van der Waals surface area contributed by atoms with Crippen molar-refractivity contribution in [3.63, 3.8) is 0 Å². The van der Waals surface area contributed by atoms with E-state index < -0.39 is 0 Å². The highest BCUT2D eigenvalue weighted by Crippen LogP contribution is 2.30. The fourth-order valence-electron chi connectivity index (χ4n) is 2.45. The summed E-state index contributed by atoms with van der Waals surface area (Å²) in [5, 5.41) is 3.04. The molecule has 1 amide bonds. The number of carbonyl (C=O) groups excluding carboxylic acids is 1. The van der Waals surface area contributed by atoms with E-state index in [9.17, 15) is 4.79 Å². The second-order valence-electron chi connectivity index (χ2n) is 5.43. The van der Waals surface area contributed by atoms with Crippen LogP contribution < -0.4 is 10.2 Å². The highest BCUT2D eigenvalue weighted by atomic mass is 79.9. The van der Waals surface area contributed by atoms with E-state index in [1.165, 1.54) is 19.3 Å². The van der Waals surface area contributed by atoms with Gasteiger partial charge in [0, 0.05) is 36.7 Å². The molecule has 0 aliphatic heterocycles. The third kappa shape index (κ3) is 3.96. The Morgan fingerprint density at radius 2 is 2.00 bits per heavy atom. The molecule has 2 unspecified atom stereocenters. The first-order chi connectivity index (χ1) is 9.06. The van der Waals surface area contributed by atoms with E-state index in [1.807, 2.05) is 43.3 Å². The first-order valence-corrected chi connectivity index (χ1v) is 7.67. The van der Waals surface area contributed by atoms with Gasteiger partial charge in [0.15, 0.2) is 0 Å². The van der Waals surface area contributed by atoms with E-state index in [-0.39, 0.29) is 5.91 Å². The van der Waals surface area contributed by atoms with Crippen molar-refractivity contribution in [2.45, 2.75) is 24.1 Å². The summed E-state index contributed by atoms with van der Waals surface area (Å²) in [6.45, 7) is 0.788. The molecule has 0 radical (unpaired) electrons. The second-order valence-corrected chi connectivity index (χ2v) is 6.72. The van der Waals surface area contributed by atoms with Gasteiger partial charge in [-0.15, -0.1) is 0 Å². The predicted molar refractivity (Wildman–Crippen MR) is 83.2 cm³/mol. The summed E-state index contributed by atoms with van der Waals surface area (Å²) in [6, 6.07) is 7.71. The van der Waals surface area contributed by atoms with Crippen LogP contribution in [0.15, 0.2) is 24.3 Å². The Bertz CT molecular complexity index is 430. The highest BCUT2D eigenvalue weighted by molar-refractivity contribution is 9.09. The Balaban J connectivity index is 1.85. The SMILES string of the molecule is CN(C)c1ccc(C(=O)NCC2CCC(Br)C2)cc1.